The van der Waals surface area contributed by atoms with Crippen LogP contribution in [0.15, 0.2) is 60.7 Å². The highest BCUT2D eigenvalue weighted by molar-refractivity contribution is 6.08. The average molecular weight is 402 g/mol. The highest BCUT2D eigenvalue weighted by Gasteiger charge is 2.23. The summed E-state index contributed by atoms with van der Waals surface area (Å²) in [5.41, 5.74) is 2.33. The zero-order valence-corrected chi connectivity index (χ0v) is 17.3. The topological polar surface area (TPSA) is 67.4 Å². The van der Waals surface area contributed by atoms with Crippen molar-refractivity contribution in [3.05, 3.63) is 71.8 Å². The minimum atomic E-state index is -0.268. The lowest BCUT2D eigenvalue weighted by Crippen LogP contribution is -2.30. The van der Waals surface area contributed by atoms with Gasteiger partial charge in [0.25, 0.3) is 11.8 Å². The van der Waals surface area contributed by atoms with Crippen molar-refractivity contribution in [2.24, 2.45) is 0 Å². The largest absolute Gasteiger partial charge is 0.483 e. The molecule has 0 aromatic heterocycles. The minimum absolute atomic E-state index is 0.113. The molecule has 5 heteroatoms. The van der Waals surface area contributed by atoms with E-state index in [9.17, 15) is 9.59 Å². The van der Waals surface area contributed by atoms with Crippen LogP contribution in [-0.2, 0) is 4.79 Å². The molecule has 3 aromatic carbocycles. The van der Waals surface area contributed by atoms with Crippen molar-refractivity contribution >= 4 is 28.3 Å². The van der Waals surface area contributed by atoms with Crippen molar-refractivity contribution in [1.29, 1.82) is 0 Å². The molecule has 2 N–H and O–H groups in total. The third-order valence-electron chi connectivity index (χ3n) is 5.23. The summed E-state index contributed by atoms with van der Waals surface area (Å²) >= 11 is 0. The van der Waals surface area contributed by atoms with Crippen molar-refractivity contribution in [2.45, 2.75) is 38.6 Å². The van der Waals surface area contributed by atoms with Crippen LogP contribution in [0.2, 0.25) is 0 Å². The molecule has 0 bridgehead atoms. The fourth-order valence-corrected chi connectivity index (χ4v) is 3.31. The van der Waals surface area contributed by atoms with Gasteiger partial charge in [-0.15, -0.1) is 0 Å². The zero-order valence-electron chi connectivity index (χ0n) is 17.3. The molecule has 0 heterocycles. The van der Waals surface area contributed by atoms with Gasteiger partial charge in [-0.1, -0.05) is 50.2 Å². The molecule has 1 aliphatic rings. The second kappa shape index (κ2) is 8.57. The van der Waals surface area contributed by atoms with Crippen molar-refractivity contribution in [1.82, 2.24) is 5.32 Å². The molecule has 5 nitrogen and oxygen atoms in total. The molecule has 0 atom stereocenters. The van der Waals surface area contributed by atoms with E-state index in [-0.39, 0.29) is 24.5 Å². The molecule has 0 aliphatic heterocycles. The minimum Gasteiger partial charge on any atom is -0.483 e. The summed E-state index contributed by atoms with van der Waals surface area (Å²) in [5.74, 6) is 0.393. The molecule has 0 saturated heterocycles. The van der Waals surface area contributed by atoms with Gasteiger partial charge in [-0.25, -0.2) is 0 Å². The Bertz CT molecular complexity index is 1070. The zero-order chi connectivity index (χ0) is 21.1. The lowest BCUT2D eigenvalue weighted by molar-refractivity contribution is -0.123. The number of anilines is 1. The van der Waals surface area contributed by atoms with E-state index in [0.717, 1.165) is 29.3 Å². The summed E-state index contributed by atoms with van der Waals surface area (Å²) in [5, 5.41) is 7.73. The van der Waals surface area contributed by atoms with E-state index in [4.69, 9.17) is 4.74 Å². The number of rotatable bonds is 7. The first kappa shape index (κ1) is 20.0. The molecule has 1 saturated carbocycles. The molecule has 30 heavy (non-hydrogen) atoms. The second-order valence-electron chi connectivity index (χ2n) is 8.06. The number of nitrogens with one attached hydrogen (secondary N) is 2. The summed E-state index contributed by atoms with van der Waals surface area (Å²) in [7, 11) is 0. The van der Waals surface area contributed by atoms with Crippen LogP contribution in [0.25, 0.3) is 10.8 Å². The van der Waals surface area contributed by atoms with Gasteiger partial charge in [-0.2, -0.15) is 0 Å². The van der Waals surface area contributed by atoms with Gasteiger partial charge in [0, 0.05) is 11.7 Å². The fraction of sp³-hybridized carbons (Fsp3) is 0.280. The lowest BCUT2D eigenvalue weighted by Gasteiger charge is -2.14. The van der Waals surface area contributed by atoms with Crippen LogP contribution in [0, 0.1) is 0 Å². The smallest absolute Gasteiger partial charge is 0.259 e. The fourth-order valence-electron chi connectivity index (χ4n) is 3.31. The molecule has 1 aliphatic carbocycles. The monoisotopic (exact) mass is 402 g/mol. The Labute approximate surface area is 176 Å². The number of ether oxygens (including phenoxy) is 1. The Morgan fingerprint density at radius 1 is 1.00 bits per heavy atom. The maximum Gasteiger partial charge on any atom is 0.259 e. The van der Waals surface area contributed by atoms with Crippen LogP contribution < -0.4 is 15.4 Å². The second-order valence-corrected chi connectivity index (χ2v) is 8.06. The van der Waals surface area contributed by atoms with Gasteiger partial charge in [0.2, 0.25) is 0 Å². The number of hydrogen-bond donors (Lipinski definition) is 2. The Balaban J connectivity index is 1.56. The first-order valence-electron chi connectivity index (χ1n) is 10.4. The molecular formula is C25H26N2O3. The van der Waals surface area contributed by atoms with E-state index in [1.807, 2.05) is 54.6 Å². The van der Waals surface area contributed by atoms with Gasteiger partial charge in [0.1, 0.15) is 5.75 Å². The summed E-state index contributed by atoms with van der Waals surface area (Å²) in [6.45, 7) is 4.15. The number of carbonyl (C=O) groups is 2. The summed E-state index contributed by atoms with van der Waals surface area (Å²) < 4.78 is 5.77. The summed E-state index contributed by atoms with van der Waals surface area (Å²) in [6.07, 6.45) is 2.04. The van der Waals surface area contributed by atoms with Crippen molar-refractivity contribution < 1.29 is 14.3 Å². The van der Waals surface area contributed by atoms with E-state index in [0.29, 0.717) is 17.2 Å². The molecular weight excluding hydrogens is 376 g/mol. The number of fused-ring (bicyclic) bond motifs is 1. The van der Waals surface area contributed by atoms with Crippen molar-refractivity contribution in [3.8, 4) is 5.75 Å². The lowest BCUT2D eigenvalue weighted by atomic mass is 10.0. The van der Waals surface area contributed by atoms with Crippen LogP contribution in [0.1, 0.15) is 48.5 Å². The van der Waals surface area contributed by atoms with Gasteiger partial charge >= 0.3 is 0 Å². The van der Waals surface area contributed by atoms with Crippen molar-refractivity contribution in [3.63, 3.8) is 0 Å². The number of hydrogen-bond acceptors (Lipinski definition) is 3. The van der Waals surface area contributed by atoms with E-state index in [1.54, 1.807) is 6.07 Å². The van der Waals surface area contributed by atoms with Gasteiger partial charge < -0.3 is 15.4 Å². The third kappa shape index (κ3) is 4.79. The highest BCUT2D eigenvalue weighted by Crippen LogP contribution is 2.28. The van der Waals surface area contributed by atoms with E-state index < -0.39 is 0 Å². The van der Waals surface area contributed by atoms with E-state index in [1.165, 1.54) is 5.56 Å². The van der Waals surface area contributed by atoms with Gasteiger partial charge in [0.15, 0.2) is 6.61 Å². The average Bonchev–Trinajstić information content (AvgIpc) is 3.55. The maximum atomic E-state index is 13.0. The number of carbonyl (C=O) groups excluding carboxylic acids is 2. The standard InChI is InChI=1S/C25H26N2O3/c1-16(2)17-7-9-21(10-8-17)27-25(29)22-13-18-5-3-4-6-19(18)14-23(22)30-15-24(28)26-20-11-12-20/h3-10,13-14,16,20H,11-12,15H2,1-2H3,(H,26,28)(H,27,29). The SMILES string of the molecule is CC(C)c1ccc(NC(=O)c2cc3ccccc3cc2OCC(=O)NC2CC2)cc1. The van der Waals surface area contributed by atoms with Crippen LogP contribution >= 0.6 is 0 Å². The molecule has 0 spiro atoms. The number of amides is 2. The van der Waals surface area contributed by atoms with Gasteiger partial charge in [-0.05, 0) is 59.4 Å². The molecule has 4 rings (SSSR count). The van der Waals surface area contributed by atoms with Crippen LogP contribution in [0.5, 0.6) is 5.75 Å². The van der Waals surface area contributed by atoms with Gasteiger partial charge in [-0.3, -0.25) is 9.59 Å². The summed E-state index contributed by atoms with van der Waals surface area (Å²) in [6, 6.07) is 19.5. The predicted molar refractivity (Wildman–Crippen MR) is 119 cm³/mol. The quantitative estimate of drug-likeness (QED) is 0.592. The number of benzene rings is 3. The first-order chi connectivity index (χ1) is 14.5. The Morgan fingerprint density at radius 3 is 2.30 bits per heavy atom. The molecule has 0 unspecified atom stereocenters. The Kier molecular flexibility index (Phi) is 5.70. The third-order valence-corrected chi connectivity index (χ3v) is 5.23. The van der Waals surface area contributed by atoms with E-state index >= 15 is 0 Å². The predicted octanol–water partition coefficient (Wildman–Crippen LogP) is 4.87. The maximum absolute atomic E-state index is 13.0. The highest BCUT2D eigenvalue weighted by atomic mass is 16.5. The Hall–Kier alpha value is -3.34. The van der Waals surface area contributed by atoms with Crippen molar-refractivity contribution in [2.75, 3.05) is 11.9 Å². The van der Waals surface area contributed by atoms with E-state index in [2.05, 4.69) is 24.5 Å². The van der Waals surface area contributed by atoms with Crippen LogP contribution in [-0.4, -0.2) is 24.5 Å². The molecule has 0 radical (unpaired) electrons. The van der Waals surface area contributed by atoms with Crippen LogP contribution in [0.4, 0.5) is 5.69 Å². The first-order valence-corrected chi connectivity index (χ1v) is 10.4. The van der Waals surface area contributed by atoms with Crippen LogP contribution in [0.3, 0.4) is 0 Å². The van der Waals surface area contributed by atoms with Gasteiger partial charge in [0.05, 0.1) is 5.56 Å². The summed E-state index contributed by atoms with van der Waals surface area (Å²) in [4.78, 5) is 25.1. The Morgan fingerprint density at radius 2 is 1.67 bits per heavy atom. The molecule has 1 fully saturated rings. The molecule has 154 valence electrons. The molecule has 3 aromatic rings. The molecule has 2 amide bonds. The normalized spacial score (nSPS) is 13.3.